The van der Waals surface area contributed by atoms with E-state index >= 15 is 0 Å². The topological polar surface area (TPSA) is 96.7 Å². The molecule has 2 heterocycles. The van der Waals surface area contributed by atoms with Crippen molar-refractivity contribution in [3.63, 3.8) is 0 Å². The van der Waals surface area contributed by atoms with Crippen LogP contribution in [0, 0.1) is 11.3 Å². The molecule has 0 radical (unpaired) electrons. The van der Waals surface area contributed by atoms with Gasteiger partial charge in [-0.1, -0.05) is 18.2 Å². The Labute approximate surface area is 175 Å². The third-order valence-electron chi connectivity index (χ3n) is 5.34. The Kier molecular flexibility index (Phi) is 5.64. The highest BCUT2D eigenvalue weighted by Crippen LogP contribution is 2.38. The summed E-state index contributed by atoms with van der Waals surface area (Å²) < 4.78 is 34.9. The van der Waals surface area contributed by atoms with E-state index in [-0.39, 0.29) is 17.7 Å². The number of hydrogen-bond donors (Lipinski definition) is 0. The summed E-state index contributed by atoms with van der Waals surface area (Å²) in [5.74, 6) is 0.625. The minimum Gasteiger partial charge on any atom is -0.486 e. The van der Waals surface area contributed by atoms with Crippen molar-refractivity contribution < 1.29 is 22.7 Å². The molecule has 0 aromatic heterocycles. The summed E-state index contributed by atoms with van der Waals surface area (Å²) >= 11 is 0. The van der Waals surface area contributed by atoms with E-state index in [1.165, 1.54) is 0 Å². The van der Waals surface area contributed by atoms with Crippen molar-refractivity contribution in [1.82, 2.24) is 4.90 Å². The number of fused-ring (bicyclic) bond motifs is 1. The molecule has 0 saturated carbocycles. The van der Waals surface area contributed by atoms with Crippen LogP contribution in [0.4, 0.5) is 0 Å². The van der Waals surface area contributed by atoms with Crippen LogP contribution in [0.2, 0.25) is 0 Å². The second-order valence-corrected chi connectivity index (χ2v) is 9.51. The maximum atomic E-state index is 13.1. The Morgan fingerprint density at radius 1 is 1.10 bits per heavy atom. The van der Waals surface area contributed by atoms with Crippen molar-refractivity contribution in [1.29, 1.82) is 5.26 Å². The van der Waals surface area contributed by atoms with E-state index in [0.29, 0.717) is 36.6 Å². The number of hydrogen-bond acceptors (Lipinski definition) is 6. The smallest absolute Gasteiger partial charge is 0.254 e. The highest BCUT2D eigenvalue weighted by Gasteiger charge is 2.31. The largest absolute Gasteiger partial charge is 0.486 e. The Balaban J connectivity index is 1.50. The van der Waals surface area contributed by atoms with Gasteiger partial charge in [-0.3, -0.25) is 4.79 Å². The summed E-state index contributed by atoms with van der Waals surface area (Å²) in [6.07, 6.45) is 1.78. The number of benzene rings is 2. The standard InChI is InChI=1S/C22H22N2O5S/c23-9-13-30(26,27)15-16-3-5-17(6-4-16)22(25)24-10-1-2-19(24)18-7-8-20-21(14-18)29-12-11-28-20/h3-8,14,19H,1-2,10-13,15H2/t19-/m0/s1. The van der Waals surface area contributed by atoms with E-state index in [0.717, 1.165) is 24.2 Å². The molecule has 1 atom stereocenters. The molecule has 0 unspecified atom stereocenters. The van der Waals surface area contributed by atoms with Crippen LogP contribution in [0.5, 0.6) is 11.5 Å². The van der Waals surface area contributed by atoms with E-state index in [2.05, 4.69) is 0 Å². The number of ether oxygens (including phenoxy) is 2. The number of rotatable bonds is 5. The van der Waals surface area contributed by atoms with Gasteiger partial charge < -0.3 is 14.4 Å². The summed E-state index contributed by atoms with van der Waals surface area (Å²) in [5, 5.41) is 8.61. The molecule has 30 heavy (non-hydrogen) atoms. The zero-order chi connectivity index (χ0) is 21.1. The quantitative estimate of drug-likeness (QED) is 0.729. The van der Waals surface area contributed by atoms with Crippen molar-refractivity contribution in [3.05, 3.63) is 59.2 Å². The molecule has 2 aliphatic heterocycles. The lowest BCUT2D eigenvalue weighted by molar-refractivity contribution is 0.0735. The van der Waals surface area contributed by atoms with Crippen molar-refractivity contribution >= 4 is 15.7 Å². The number of likely N-dealkylation sites (tertiary alicyclic amines) is 1. The molecule has 1 fully saturated rings. The lowest BCUT2D eigenvalue weighted by Crippen LogP contribution is -2.30. The second kappa shape index (κ2) is 8.36. The van der Waals surface area contributed by atoms with Gasteiger partial charge >= 0.3 is 0 Å². The molecule has 4 rings (SSSR count). The lowest BCUT2D eigenvalue weighted by atomic mass is 10.0. The summed E-state index contributed by atoms with van der Waals surface area (Å²) in [6.45, 7) is 1.71. The summed E-state index contributed by atoms with van der Waals surface area (Å²) in [4.78, 5) is 15.0. The minimum atomic E-state index is -3.46. The first-order valence-electron chi connectivity index (χ1n) is 9.84. The van der Waals surface area contributed by atoms with Crippen LogP contribution in [0.25, 0.3) is 0 Å². The van der Waals surface area contributed by atoms with Gasteiger partial charge in [0.15, 0.2) is 21.3 Å². The van der Waals surface area contributed by atoms with Crippen molar-refractivity contribution in [2.24, 2.45) is 0 Å². The number of carbonyl (C=O) groups excluding carboxylic acids is 1. The SMILES string of the molecule is N#CCS(=O)(=O)Cc1ccc(C(=O)N2CCC[C@H]2c2ccc3c(c2)OCCO3)cc1. The van der Waals surface area contributed by atoms with Gasteiger partial charge in [0.05, 0.1) is 17.9 Å². The zero-order valence-electron chi connectivity index (χ0n) is 16.4. The van der Waals surface area contributed by atoms with Crippen LogP contribution in [0.1, 0.15) is 40.4 Å². The molecular weight excluding hydrogens is 404 g/mol. The predicted molar refractivity (Wildman–Crippen MR) is 110 cm³/mol. The fourth-order valence-electron chi connectivity index (χ4n) is 3.94. The van der Waals surface area contributed by atoms with Gasteiger partial charge in [0.2, 0.25) is 0 Å². The van der Waals surface area contributed by atoms with Gasteiger partial charge in [0, 0.05) is 12.1 Å². The number of nitriles is 1. The van der Waals surface area contributed by atoms with Gasteiger partial charge in [0.1, 0.15) is 19.0 Å². The summed E-state index contributed by atoms with van der Waals surface area (Å²) in [6, 6.07) is 14.0. The van der Waals surface area contributed by atoms with E-state index in [1.807, 2.05) is 23.1 Å². The first-order valence-corrected chi connectivity index (χ1v) is 11.7. The molecular formula is C22H22N2O5S. The van der Waals surface area contributed by atoms with E-state index in [1.54, 1.807) is 30.3 Å². The van der Waals surface area contributed by atoms with Crippen molar-refractivity contribution in [3.8, 4) is 17.6 Å². The van der Waals surface area contributed by atoms with Crippen LogP contribution < -0.4 is 9.47 Å². The van der Waals surface area contributed by atoms with Crippen molar-refractivity contribution in [2.75, 3.05) is 25.5 Å². The maximum absolute atomic E-state index is 13.1. The fraction of sp³-hybridized carbons (Fsp3) is 0.364. The molecule has 0 spiro atoms. The Bertz CT molecular complexity index is 1090. The molecule has 7 nitrogen and oxygen atoms in total. The molecule has 0 N–H and O–H groups in total. The van der Waals surface area contributed by atoms with E-state index < -0.39 is 15.6 Å². The normalized spacial score (nSPS) is 18.1. The molecule has 2 aromatic carbocycles. The Morgan fingerprint density at radius 3 is 2.57 bits per heavy atom. The number of amides is 1. The van der Waals surface area contributed by atoms with Gasteiger partial charge in [-0.25, -0.2) is 8.42 Å². The zero-order valence-corrected chi connectivity index (χ0v) is 17.2. The van der Waals surface area contributed by atoms with Gasteiger partial charge in [0.25, 0.3) is 5.91 Å². The Morgan fingerprint density at radius 2 is 1.83 bits per heavy atom. The lowest BCUT2D eigenvalue weighted by Gasteiger charge is -2.27. The monoisotopic (exact) mass is 426 g/mol. The van der Waals surface area contributed by atoms with E-state index in [4.69, 9.17) is 14.7 Å². The molecule has 0 bridgehead atoms. The van der Waals surface area contributed by atoms with Crippen LogP contribution in [0.15, 0.2) is 42.5 Å². The fourth-order valence-corrected chi connectivity index (χ4v) is 4.94. The van der Waals surface area contributed by atoms with Crippen LogP contribution in [-0.2, 0) is 15.6 Å². The number of sulfone groups is 1. The molecule has 0 aliphatic carbocycles. The Hall–Kier alpha value is -3.05. The summed E-state index contributed by atoms with van der Waals surface area (Å²) in [5.41, 5.74) is 2.09. The third-order valence-corrected chi connectivity index (χ3v) is 6.68. The summed E-state index contributed by atoms with van der Waals surface area (Å²) in [7, 11) is -3.46. The van der Waals surface area contributed by atoms with Gasteiger partial charge in [-0.15, -0.1) is 0 Å². The van der Waals surface area contributed by atoms with Crippen LogP contribution >= 0.6 is 0 Å². The minimum absolute atomic E-state index is 0.0380. The van der Waals surface area contributed by atoms with Gasteiger partial charge in [-0.05, 0) is 48.2 Å². The molecule has 2 aromatic rings. The average Bonchev–Trinajstić information content (AvgIpc) is 3.23. The molecule has 1 amide bonds. The van der Waals surface area contributed by atoms with Crippen molar-refractivity contribution in [2.45, 2.75) is 24.6 Å². The molecule has 2 aliphatic rings. The highest BCUT2D eigenvalue weighted by atomic mass is 32.2. The van der Waals surface area contributed by atoms with Gasteiger partial charge in [-0.2, -0.15) is 5.26 Å². The number of carbonyl (C=O) groups is 1. The maximum Gasteiger partial charge on any atom is 0.254 e. The molecule has 8 heteroatoms. The third kappa shape index (κ3) is 4.26. The predicted octanol–water partition coefficient (Wildman–Crippen LogP) is 2.87. The van der Waals surface area contributed by atoms with Crippen LogP contribution in [-0.4, -0.2) is 44.7 Å². The molecule has 156 valence electrons. The first kappa shape index (κ1) is 20.2. The van der Waals surface area contributed by atoms with E-state index in [9.17, 15) is 13.2 Å². The first-order chi connectivity index (χ1) is 14.5. The average molecular weight is 426 g/mol. The highest BCUT2D eigenvalue weighted by molar-refractivity contribution is 7.90. The van der Waals surface area contributed by atoms with Crippen LogP contribution in [0.3, 0.4) is 0 Å². The molecule has 1 saturated heterocycles. The number of nitrogens with zero attached hydrogens (tertiary/aromatic N) is 2. The second-order valence-electron chi connectivity index (χ2n) is 7.45.